The topological polar surface area (TPSA) is 59.0 Å². The maximum absolute atomic E-state index is 14.1. The van der Waals surface area contributed by atoms with Crippen LogP contribution in [-0.4, -0.2) is 54.4 Å². The molecule has 2 aromatic carbocycles. The predicted molar refractivity (Wildman–Crippen MR) is 136 cm³/mol. The standard InChI is InChI=1S/C29H37F2NO4/c1-4-28(26-17-23(30)12-10-22(26)11-13-29(34)35-5-2)36-19-25(33)18-32-14-6-7-24(32)15-21-9-8-20(3)27(31)16-21/h8-13,16-17,24-25,28,33H,4-7,14-15,18-19H2,1-3H3/t24-,25+,28+/m0/s1. The average Bonchev–Trinajstić information content (AvgIpc) is 3.27. The summed E-state index contributed by atoms with van der Waals surface area (Å²) < 4.78 is 39.0. The molecule has 0 aliphatic carbocycles. The van der Waals surface area contributed by atoms with Crippen molar-refractivity contribution >= 4 is 12.0 Å². The van der Waals surface area contributed by atoms with Crippen LogP contribution in [0.3, 0.4) is 0 Å². The molecule has 0 unspecified atom stereocenters. The molecular weight excluding hydrogens is 464 g/mol. The Kier molecular flexibility index (Phi) is 10.6. The number of ether oxygens (including phenoxy) is 2. The Bertz CT molecular complexity index is 1040. The van der Waals surface area contributed by atoms with Crippen LogP contribution in [0.15, 0.2) is 42.5 Å². The van der Waals surface area contributed by atoms with E-state index in [1.165, 1.54) is 18.2 Å². The molecule has 2 aromatic rings. The Morgan fingerprint density at radius 3 is 2.75 bits per heavy atom. The first-order valence-electron chi connectivity index (χ1n) is 12.7. The van der Waals surface area contributed by atoms with Gasteiger partial charge in [0, 0.05) is 18.7 Å². The second-order valence-corrected chi connectivity index (χ2v) is 9.32. The van der Waals surface area contributed by atoms with Crippen LogP contribution >= 0.6 is 0 Å². The van der Waals surface area contributed by atoms with Gasteiger partial charge in [0.15, 0.2) is 0 Å². The summed E-state index contributed by atoms with van der Waals surface area (Å²) in [5.74, 6) is -1.05. The Hall–Kier alpha value is -2.61. The number of benzene rings is 2. The first kappa shape index (κ1) is 28.0. The summed E-state index contributed by atoms with van der Waals surface area (Å²) in [6.45, 7) is 7.11. The van der Waals surface area contributed by atoms with Gasteiger partial charge in [-0.25, -0.2) is 13.6 Å². The van der Waals surface area contributed by atoms with E-state index < -0.39 is 24.0 Å². The first-order chi connectivity index (χ1) is 17.3. The van der Waals surface area contributed by atoms with Gasteiger partial charge < -0.3 is 14.6 Å². The first-order valence-corrected chi connectivity index (χ1v) is 12.7. The summed E-state index contributed by atoms with van der Waals surface area (Å²) in [6.07, 6.45) is 5.09. The Morgan fingerprint density at radius 1 is 1.22 bits per heavy atom. The van der Waals surface area contributed by atoms with Crippen molar-refractivity contribution in [1.82, 2.24) is 4.90 Å². The van der Waals surface area contributed by atoms with E-state index in [1.54, 1.807) is 38.1 Å². The molecule has 1 saturated heterocycles. The largest absolute Gasteiger partial charge is 0.463 e. The third-order valence-corrected chi connectivity index (χ3v) is 6.59. The lowest BCUT2D eigenvalue weighted by atomic mass is 9.99. The molecule has 3 rings (SSSR count). The second-order valence-electron chi connectivity index (χ2n) is 9.32. The lowest BCUT2D eigenvalue weighted by Crippen LogP contribution is -2.39. The van der Waals surface area contributed by atoms with Crippen molar-refractivity contribution in [2.75, 3.05) is 26.3 Å². The monoisotopic (exact) mass is 501 g/mol. The molecule has 0 saturated carbocycles. The summed E-state index contributed by atoms with van der Waals surface area (Å²) in [7, 11) is 0. The van der Waals surface area contributed by atoms with Gasteiger partial charge in [-0.3, -0.25) is 4.90 Å². The normalized spacial score (nSPS) is 18.0. The average molecular weight is 502 g/mol. The van der Waals surface area contributed by atoms with E-state index in [2.05, 4.69) is 4.90 Å². The van der Waals surface area contributed by atoms with Crippen molar-refractivity contribution in [2.24, 2.45) is 0 Å². The molecule has 0 bridgehead atoms. The van der Waals surface area contributed by atoms with Crippen molar-refractivity contribution in [2.45, 2.75) is 64.7 Å². The van der Waals surface area contributed by atoms with E-state index >= 15 is 0 Å². The van der Waals surface area contributed by atoms with Gasteiger partial charge in [0.25, 0.3) is 0 Å². The number of β-amino-alcohol motifs (C(OH)–C–C–N with tert-alkyl or cyclic N) is 1. The molecule has 1 heterocycles. The highest BCUT2D eigenvalue weighted by molar-refractivity contribution is 5.87. The van der Waals surface area contributed by atoms with Gasteiger partial charge in [-0.05, 0) is 92.6 Å². The summed E-state index contributed by atoms with van der Waals surface area (Å²) in [6, 6.07) is 9.96. The number of rotatable bonds is 12. The fourth-order valence-electron chi connectivity index (χ4n) is 4.70. The summed E-state index contributed by atoms with van der Waals surface area (Å²) in [5.41, 5.74) is 2.88. The number of nitrogens with zero attached hydrogens (tertiary/aromatic N) is 1. The van der Waals surface area contributed by atoms with Crippen molar-refractivity contribution in [3.63, 3.8) is 0 Å². The van der Waals surface area contributed by atoms with Gasteiger partial charge in [0.05, 0.1) is 25.4 Å². The number of carbonyl (C=O) groups is 1. The highest BCUT2D eigenvalue weighted by Gasteiger charge is 2.27. The number of halogens is 2. The third kappa shape index (κ3) is 7.95. The molecule has 0 spiro atoms. The van der Waals surface area contributed by atoms with Gasteiger partial charge in [-0.15, -0.1) is 0 Å². The molecular formula is C29H37F2NO4. The Morgan fingerprint density at radius 2 is 2.03 bits per heavy atom. The highest BCUT2D eigenvalue weighted by atomic mass is 19.1. The van der Waals surface area contributed by atoms with Crippen molar-refractivity contribution in [1.29, 1.82) is 0 Å². The number of aliphatic hydroxyl groups excluding tert-OH is 1. The summed E-state index contributed by atoms with van der Waals surface area (Å²) >= 11 is 0. The van der Waals surface area contributed by atoms with E-state index in [0.717, 1.165) is 31.4 Å². The van der Waals surface area contributed by atoms with Gasteiger partial charge >= 0.3 is 5.97 Å². The number of aryl methyl sites for hydroxylation is 1. The molecule has 1 fully saturated rings. The van der Waals surface area contributed by atoms with Crippen LogP contribution in [0.1, 0.15) is 61.5 Å². The molecule has 7 heteroatoms. The smallest absolute Gasteiger partial charge is 0.330 e. The number of carbonyl (C=O) groups excluding carboxylic acids is 1. The van der Waals surface area contributed by atoms with Crippen molar-refractivity contribution < 1.29 is 28.2 Å². The number of hydrogen-bond donors (Lipinski definition) is 1. The van der Waals surface area contributed by atoms with Crippen molar-refractivity contribution in [3.8, 4) is 0 Å². The van der Waals surface area contributed by atoms with Crippen LogP contribution in [-0.2, 0) is 20.7 Å². The van der Waals surface area contributed by atoms with E-state index in [1.807, 2.05) is 13.0 Å². The fourth-order valence-corrected chi connectivity index (χ4v) is 4.70. The lowest BCUT2D eigenvalue weighted by molar-refractivity contribution is -0.137. The van der Waals surface area contributed by atoms with Gasteiger partial charge in [0.1, 0.15) is 11.6 Å². The quantitative estimate of drug-likeness (QED) is 0.312. The summed E-state index contributed by atoms with van der Waals surface area (Å²) in [5, 5.41) is 10.7. The van der Waals surface area contributed by atoms with E-state index in [9.17, 15) is 18.7 Å². The molecule has 1 aliphatic heterocycles. The number of aliphatic hydroxyl groups is 1. The van der Waals surface area contributed by atoms with Gasteiger partial charge in [-0.1, -0.05) is 25.1 Å². The predicted octanol–water partition coefficient (Wildman–Crippen LogP) is 5.39. The second kappa shape index (κ2) is 13.6. The molecule has 0 radical (unpaired) electrons. The van der Waals surface area contributed by atoms with Crippen LogP contribution in [0, 0.1) is 18.6 Å². The van der Waals surface area contributed by atoms with E-state index in [4.69, 9.17) is 9.47 Å². The Balaban J connectivity index is 1.60. The maximum Gasteiger partial charge on any atom is 0.330 e. The van der Waals surface area contributed by atoms with E-state index in [0.29, 0.717) is 29.7 Å². The number of likely N-dealkylation sites (tertiary alicyclic amines) is 1. The van der Waals surface area contributed by atoms with Gasteiger partial charge in [0.2, 0.25) is 0 Å². The van der Waals surface area contributed by atoms with Crippen LogP contribution in [0.2, 0.25) is 0 Å². The summed E-state index contributed by atoms with van der Waals surface area (Å²) in [4.78, 5) is 14.0. The van der Waals surface area contributed by atoms with Gasteiger partial charge in [-0.2, -0.15) is 0 Å². The maximum atomic E-state index is 14.1. The molecule has 36 heavy (non-hydrogen) atoms. The van der Waals surface area contributed by atoms with E-state index in [-0.39, 0.29) is 25.1 Å². The minimum atomic E-state index is -0.721. The minimum absolute atomic E-state index is 0.0957. The lowest BCUT2D eigenvalue weighted by Gasteiger charge is -2.28. The molecule has 0 amide bonds. The molecule has 3 atom stereocenters. The number of hydrogen-bond acceptors (Lipinski definition) is 5. The number of esters is 1. The molecule has 1 N–H and O–H groups in total. The Labute approximate surface area is 212 Å². The zero-order valence-corrected chi connectivity index (χ0v) is 21.4. The molecule has 1 aliphatic rings. The van der Waals surface area contributed by atoms with Crippen LogP contribution in [0.5, 0.6) is 0 Å². The van der Waals surface area contributed by atoms with Crippen molar-refractivity contribution in [3.05, 3.63) is 76.4 Å². The molecule has 0 aromatic heterocycles. The fraction of sp³-hybridized carbons (Fsp3) is 0.483. The zero-order valence-electron chi connectivity index (χ0n) is 21.4. The van der Waals surface area contributed by atoms with Crippen LogP contribution < -0.4 is 0 Å². The highest BCUT2D eigenvalue weighted by Crippen LogP contribution is 2.28. The van der Waals surface area contributed by atoms with Crippen LogP contribution in [0.25, 0.3) is 6.08 Å². The SMILES string of the molecule is CCOC(=O)C=Cc1ccc(F)cc1[C@@H](CC)OC[C@H](O)CN1CCC[C@H]1Cc1ccc(C)c(F)c1. The van der Waals surface area contributed by atoms with Crippen LogP contribution in [0.4, 0.5) is 8.78 Å². The molecule has 196 valence electrons. The molecule has 5 nitrogen and oxygen atoms in total. The zero-order chi connectivity index (χ0) is 26.1. The minimum Gasteiger partial charge on any atom is -0.463 e. The third-order valence-electron chi connectivity index (χ3n) is 6.59.